The fourth-order valence-corrected chi connectivity index (χ4v) is 2.58. The van der Waals surface area contributed by atoms with E-state index in [-0.39, 0.29) is 5.82 Å². The Labute approximate surface area is 137 Å². The Balaban J connectivity index is 2.24. The molecule has 0 fully saturated rings. The van der Waals surface area contributed by atoms with Crippen LogP contribution in [0.5, 0.6) is 11.5 Å². The minimum atomic E-state index is -0.288. The minimum Gasteiger partial charge on any atom is -0.455 e. The SMILES string of the molecule is CCCNCc1c(F)cccc1Oc1ccc(Br)cc1Cl. The highest BCUT2D eigenvalue weighted by atomic mass is 79.9. The second kappa shape index (κ2) is 7.78. The van der Waals surface area contributed by atoms with Crippen molar-refractivity contribution in [1.29, 1.82) is 0 Å². The maximum Gasteiger partial charge on any atom is 0.146 e. The third kappa shape index (κ3) is 4.43. The molecule has 0 aliphatic carbocycles. The van der Waals surface area contributed by atoms with Crippen LogP contribution in [0, 0.1) is 5.82 Å². The Morgan fingerprint density at radius 1 is 1.24 bits per heavy atom. The van der Waals surface area contributed by atoms with Gasteiger partial charge in [0.25, 0.3) is 0 Å². The summed E-state index contributed by atoms with van der Waals surface area (Å²) in [5.74, 6) is 0.689. The smallest absolute Gasteiger partial charge is 0.146 e. The molecule has 21 heavy (non-hydrogen) atoms. The Bertz CT molecular complexity index is 621. The van der Waals surface area contributed by atoms with Crippen LogP contribution in [0.15, 0.2) is 40.9 Å². The highest BCUT2D eigenvalue weighted by molar-refractivity contribution is 9.10. The molecule has 5 heteroatoms. The van der Waals surface area contributed by atoms with Crippen molar-refractivity contribution in [2.75, 3.05) is 6.54 Å². The van der Waals surface area contributed by atoms with E-state index in [1.54, 1.807) is 24.3 Å². The van der Waals surface area contributed by atoms with Crippen molar-refractivity contribution in [3.63, 3.8) is 0 Å². The van der Waals surface area contributed by atoms with E-state index in [9.17, 15) is 4.39 Å². The molecule has 0 spiro atoms. The molecule has 0 amide bonds. The van der Waals surface area contributed by atoms with Gasteiger partial charge in [0.15, 0.2) is 0 Å². The fraction of sp³-hybridized carbons (Fsp3) is 0.250. The third-order valence-corrected chi connectivity index (χ3v) is 3.71. The zero-order valence-corrected chi connectivity index (χ0v) is 14.0. The molecule has 0 aromatic heterocycles. The van der Waals surface area contributed by atoms with Crippen molar-refractivity contribution in [2.24, 2.45) is 0 Å². The van der Waals surface area contributed by atoms with Crippen LogP contribution < -0.4 is 10.1 Å². The lowest BCUT2D eigenvalue weighted by Gasteiger charge is -2.13. The monoisotopic (exact) mass is 371 g/mol. The van der Waals surface area contributed by atoms with Gasteiger partial charge in [0, 0.05) is 16.6 Å². The van der Waals surface area contributed by atoms with Gasteiger partial charge in [0.05, 0.1) is 5.02 Å². The Morgan fingerprint density at radius 2 is 2.05 bits per heavy atom. The molecule has 0 radical (unpaired) electrons. The van der Waals surface area contributed by atoms with Crippen LogP contribution in [0.4, 0.5) is 4.39 Å². The van der Waals surface area contributed by atoms with Crippen molar-refractivity contribution >= 4 is 27.5 Å². The van der Waals surface area contributed by atoms with E-state index < -0.39 is 0 Å². The largest absolute Gasteiger partial charge is 0.455 e. The van der Waals surface area contributed by atoms with Gasteiger partial charge in [0.1, 0.15) is 17.3 Å². The van der Waals surface area contributed by atoms with Gasteiger partial charge in [-0.05, 0) is 43.3 Å². The third-order valence-electron chi connectivity index (χ3n) is 2.92. The molecule has 2 nitrogen and oxygen atoms in total. The molecular formula is C16H16BrClFNO. The van der Waals surface area contributed by atoms with Gasteiger partial charge < -0.3 is 10.1 Å². The molecule has 0 bridgehead atoms. The summed E-state index contributed by atoms with van der Waals surface area (Å²) in [6.07, 6.45) is 0.989. The van der Waals surface area contributed by atoms with Crippen LogP contribution in [0.2, 0.25) is 5.02 Å². The van der Waals surface area contributed by atoms with Gasteiger partial charge in [-0.1, -0.05) is 40.5 Å². The first-order valence-electron chi connectivity index (χ1n) is 6.73. The van der Waals surface area contributed by atoms with E-state index in [1.165, 1.54) is 6.07 Å². The first-order valence-corrected chi connectivity index (χ1v) is 7.90. The number of rotatable bonds is 6. The molecule has 2 aromatic carbocycles. The second-order valence-corrected chi connectivity index (χ2v) is 5.89. The Hall–Kier alpha value is -1.10. The van der Waals surface area contributed by atoms with Crippen molar-refractivity contribution < 1.29 is 9.13 Å². The predicted molar refractivity (Wildman–Crippen MR) is 87.6 cm³/mol. The van der Waals surface area contributed by atoms with Crippen LogP contribution in [-0.4, -0.2) is 6.54 Å². The summed E-state index contributed by atoms with van der Waals surface area (Å²) >= 11 is 9.47. The number of halogens is 3. The van der Waals surface area contributed by atoms with Crippen LogP contribution in [0.25, 0.3) is 0 Å². The first kappa shape index (κ1) is 16.3. The minimum absolute atomic E-state index is 0.288. The van der Waals surface area contributed by atoms with Gasteiger partial charge in [-0.3, -0.25) is 0 Å². The van der Waals surface area contributed by atoms with Gasteiger partial charge in [-0.25, -0.2) is 4.39 Å². The molecule has 112 valence electrons. The molecule has 2 rings (SSSR count). The summed E-state index contributed by atoms with van der Waals surface area (Å²) in [6, 6.07) is 10.1. The topological polar surface area (TPSA) is 21.3 Å². The average Bonchev–Trinajstić information content (AvgIpc) is 2.45. The van der Waals surface area contributed by atoms with E-state index in [0.717, 1.165) is 17.4 Å². The highest BCUT2D eigenvalue weighted by Gasteiger charge is 2.12. The van der Waals surface area contributed by atoms with Gasteiger partial charge >= 0.3 is 0 Å². The lowest BCUT2D eigenvalue weighted by molar-refractivity contribution is 0.462. The van der Waals surface area contributed by atoms with Crippen molar-refractivity contribution in [3.8, 4) is 11.5 Å². The molecule has 0 saturated heterocycles. The summed E-state index contributed by atoms with van der Waals surface area (Å²) in [5.41, 5.74) is 0.505. The molecular weight excluding hydrogens is 357 g/mol. The van der Waals surface area contributed by atoms with E-state index in [2.05, 4.69) is 28.2 Å². The van der Waals surface area contributed by atoms with Gasteiger partial charge in [0.2, 0.25) is 0 Å². The zero-order chi connectivity index (χ0) is 15.2. The molecule has 2 aromatic rings. The molecule has 1 N–H and O–H groups in total. The first-order chi connectivity index (χ1) is 10.1. The van der Waals surface area contributed by atoms with E-state index in [1.807, 2.05) is 6.07 Å². The fourth-order valence-electron chi connectivity index (χ4n) is 1.87. The lowest BCUT2D eigenvalue weighted by atomic mass is 10.2. The number of nitrogens with one attached hydrogen (secondary N) is 1. The molecule has 0 aliphatic rings. The summed E-state index contributed by atoms with van der Waals surface area (Å²) in [4.78, 5) is 0. The quantitative estimate of drug-likeness (QED) is 0.673. The van der Waals surface area contributed by atoms with Crippen molar-refractivity contribution in [3.05, 3.63) is 57.3 Å². The number of hydrogen-bond donors (Lipinski definition) is 1. The van der Waals surface area contributed by atoms with Crippen LogP contribution in [-0.2, 0) is 6.54 Å². The number of ether oxygens (including phenoxy) is 1. The average molecular weight is 373 g/mol. The van der Waals surface area contributed by atoms with Crippen LogP contribution in [0.3, 0.4) is 0 Å². The van der Waals surface area contributed by atoms with Crippen molar-refractivity contribution in [1.82, 2.24) is 5.32 Å². The normalized spacial score (nSPS) is 10.7. The summed E-state index contributed by atoms with van der Waals surface area (Å²) < 4.78 is 20.6. The predicted octanol–water partition coefficient (Wildman–Crippen LogP) is 5.53. The van der Waals surface area contributed by atoms with E-state index in [4.69, 9.17) is 16.3 Å². The maximum atomic E-state index is 14.0. The number of hydrogen-bond acceptors (Lipinski definition) is 2. The molecule has 0 saturated carbocycles. The molecule has 0 aliphatic heterocycles. The van der Waals surface area contributed by atoms with Gasteiger partial charge in [-0.2, -0.15) is 0 Å². The van der Waals surface area contributed by atoms with Crippen LogP contribution in [0.1, 0.15) is 18.9 Å². The Kier molecular flexibility index (Phi) is 6.03. The number of benzene rings is 2. The van der Waals surface area contributed by atoms with Gasteiger partial charge in [-0.15, -0.1) is 0 Å². The molecule has 0 unspecified atom stereocenters. The summed E-state index contributed by atoms with van der Waals surface area (Å²) in [6.45, 7) is 3.31. The Morgan fingerprint density at radius 3 is 2.76 bits per heavy atom. The zero-order valence-electron chi connectivity index (χ0n) is 11.6. The maximum absolute atomic E-state index is 14.0. The molecule has 0 atom stereocenters. The van der Waals surface area contributed by atoms with E-state index >= 15 is 0 Å². The van der Waals surface area contributed by atoms with Crippen LogP contribution >= 0.6 is 27.5 Å². The van der Waals surface area contributed by atoms with E-state index in [0.29, 0.717) is 28.6 Å². The highest BCUT2D eigenvalue weighted by Crippen LogP contribution is 2.33. The lowest BCUT2D eigenvalue weighted by Crippen LogP contribution is -2.15. The summed E-state index contributed by atoms with van der Waals surface area (Å²) in [7, 11) is 0. The second-order valence-electron chi connectivity index (χ2n) is 4.57. The van der Waals surface area contributed by atoms with Crippen molar-refractivity contribution in [2.45, 2.75) is 19.9 Å². The summed E-state index contributed by atoms with van der Waals surface area (Å²) in [5, 5.41) is 3.65. The standard InChI is InChI=1S/C16H16BrClFNO/c1-2-8-20-10-12-14(19)4-3-5-15(12)21-16-7-6-11(17)9-13(16)18/h3-7,9,20H,2,8,10H2,1H3. The molecule has 0 heterocycles.